The Hall–Kier alpha value is 0.650. The van der Waals surface area contributed by atoms with Gasteiger partial charge in [-0.2, -0.15) is 18.2 Å². The molecule has 0 aromatic heterocycles. The van der Waals surface area contributed by atoms with Crippen molar-refractivity contribution in [3.8, 4) is 0 Å². The third-order valence-electron chi connectivity index (χ3n) is 6.33. The highest BCUT2D eigenvalue weighted by atomic mass is 32.1. The maximum atomic E-state index is 6.18. The van der Waals surface area contributed by atoms with Gasteiger partial charge < -0.3 is 59.2 Å². The van der Waals surface area contributed by atoms with Gasteiger partial charge in [0, 0.05) is 33.9 Å². The minimum Gasteiger partial charge on any atom is -0.463 e. The van der Waals surface area contributed by atoms with Crippen LogP contribution in [0, 0.1) is 0 Å². The van der Waals surface area contributed by atoms with Gasteiger partial charge in [-0.3, -0.25) is 0 Å². The maximum Gasteiger partial charge on any atom is 0.257 e. The van der Waals surface area contributed by atoms with Crippen LogP contribution in [0.4, 0.5) is 0 Å². The summed E-state index contributed by atoms with van der Waals surface area (Å²) < 4.78 is 46.7. The molecule has 2 aliphatic rings. The first kappa shape index (κ1) is 47.6. The summed E-state index contributed by atoms with van der Waals surface area (Å²) in [5, 5.41) is 9.83. The van der Waals surface area contributed by atoms with Gasteiger partial charge in [-0.05, 0) is 85.3 Å². The lowest BCUT2D eigenvalue weighted by Gasteiger charge is -2.29. The molecule has 2 radical (unpaired) electrons. The van der Waals surface area contributed by atoms with Crippen molar-refractivity contribution in [2.75, 3.05) is 87.3 Å². The van der Waals surface area contributed by atoms with Crippen LogP contribution in [0.5, 0.6) is 0 Å². The van der Waals surface area contributed by atoms with Crippen LogP contribution >= 0.6 is 56.9 Å². The number of likely N-dealkylation sites (N-methyl/N-ethyl adjacent to an activating group) is 1. The summed E-state index contributed by atoms with van der Waals surface area (Å²) in [5.41, 5.74) is 5.48. The molecule has 2 saturated heterocycles. The number of hydrogen-bond donors (Lipinski definition) is 4. The van der Waals surface area contributed by atoms with Crippen molar-refractivity contribution in [1.29, 1.82) is 0 Å². The third-order valence-corrected chi connectivity index (χ3v) is 9.20. The zero-order valence-corrected chi connectivity index (χ0v) is 34.1. The van der Waals surface area contributed by atoms with Crippen LogP contribution in [0.1, 0.15) is 13.8 Å². The fraction of sp³-hybridized carbons (Fsp3) is 0.852. The molecule has 274 valence electrons. The molecule has 0 aromatic rings. The number of methoxy groups -OCH3 is 2. The summed E-state index contributed by atoms with van der Waals surface area (Å²) >= 11 is 10.5. The van der Waals surface area contributed by atoms with Gasteiger partial charge in [-0.25, -0.2) is 0 Å². The third kappa shape index (κ3) is 18.6. The van der Waals surface area contributed by atoms with E-state index in [1.807, 2.05) is 47.7 Å². The molecule has 2 aliphatic heterocycles. The van der Waals surface area contributed by atoms with Gasteiger partial charge in [-0.1, -0.05) is 20.0 Å². The molecule has 0 saturated carbocycles. The van der Waals surface area contributed by atoms with Crippen LogP contribution in [0.3, 0.4) is 0 Å². The van der Waals surface area contributed by atoms with Crippen molar-refractivity contribution >= 4 is 93.8 Å². The smallest absolute Gasteiger partial charge is 0.257 e. The molecule has 0 bridgehead atoms. The summed E-state index contributed by atoms with van der Waals surface area (Å²) in [7, 11) is 6.82. The predicted molar refractivity (Wildman–Crippen MR) is 219 cm³/mol. The van der Waals surface area contributed by atoms with E-state index in [0.717, 1.165) is 13.0 Å². The molecule has 0 amide bonds. The molecule has 0 spiro atoms. The van der Waals surface area contributed by atoms with Gasteiger partial charge in [0.1, 0.15) is 36.6 Å². The summed E-state index contributed by atoms with van der Waals surface area (Å²) in [6.45, 7) is 15.4. The van der Waals surface area contributed by atoms with Gasteiger partial charge in [0.15, 0.2) is 14.0 Å². The zero-order valence-electron chi connectivity index (χ0n) is 28.3. The van der Waals surface area contributed by atoms with Crippen LogP contribution in [-0.4, -0.2) is 173 Å². The lowest BCUT2D eigenvalue weighted by Crippen LogP contribution is -2.43. The molecular weight excluding hydrogens is 718 g/mol. The molecule has 20 heteroatoms. The number of rotatable bonds is 18. The lowest BCUT2D eigenvalue weighted by atomic mass is 9.91. The van der Waals surface area contributed by atoms with Crippen LogP contribution in [0.25, 0.3) is 0 Å². The minimum absolute atomic E-state index is 0. The Kier molecular flexibility index (Phi) is 25.1. The largest absolute Gasteiger partial charge is 0.463 e. The van der Waals surface area contributed by atoms with E-state index >= 15 is 0 Å². The molecule has 47 heavy (non-hydrogen) atoms. The van der Waals surface area contributed by atoms with E-state index in [-0.39, 0.29) is 56.1 Å². The molecule has 2 rings (SSSR count). The van der Waals surface area contributed by atoms with Crippen molar-refractivity contribution in [1.82, 2.24) is 16.0 Å². The topological polar surface area (TPSA) is 136 Å². The highest BCUT2D eigenvalue weighted by Gasteiger charge is 2.48. The predicted octanol–water partition coefficient (Wildman–Crippen LogP) is 1.45. The lowest BCUT2D eigenvalue weighted by molar-refractivity contribution is -0.00886. The van der Waals surface area contributed by atoms with E-state index in [0.29, 0.717) is 43.2 Å². The van der Waals surface area contributed by atoms with Gasteiger partial charge in [0.2, 0.25) is 0 Å². The van der Waals surface area contributed by atoms with E-state index < -0.39 is 14.2 Å². The van der Waals surface area contributed by atoms with Crippen molar-refractivity contribution in [2.45, 2.75) is 62.5 Å². The molecule has 4 unspecified atom stereocenters. The Morgan fingerprint density at radius 1 is 0.787 bits per heavy atom. The molecule has 0 aromatic carbocycles. The van der Waals surface area contributed by atoms with Crippen molar-refractivity contribution in [2.24, 2.45) is 5.73 Å². The van der Waals surface area contributed by atoms with E-state index in [2.05, 4.69) is 46.8 Å². The monoisotopic (exact) mass is 778 g/mol. The van der Waals surface area contributed by atoms with Gasteiger partial charge in [0.05, 0.1) is 25.2 Å². The molecular formula is C27H60B2N4O8P4S2. The Morgan fingerprint density at radius 3 is 1.51 bits per heavy atom. The summed E-state index contributed by atoms with van der Waals surface area (Å²) in [5.74, 6) is 0. The van der Waals surface area contributed by atoms with Crippen LogP contribution in [0.2, 0.25) is 0 Å². The zero-order chi connectivity index (χ0) is 34.9. The number of ether oxygens (including phenoxy) is 6. The summed E-state index contributed by atoms with van der Waals surface area (Å²) in [6, 6.07) is -0.480. The van der Waals surface area contributed by atoms with Gasteiger partial charge >= 0.3 is 0 Å². The van der Waals surface area contributed by atoms with Crippen molar-refractivity contribution in [3.63, 3.8) is 0 Å². The highest BCUT2D eigenvalue weighted by molar-refractivity contribution is 7.80. The second-order valence-electron chi connectivity index (χ2n) is 11.7. The quantitative estimate of drug-likeness (QED) is 0.0692. The molecule has 10 atom stereocenters. The number of nitrogens with one attached hydrogen (secondary N) is 3. The molecule has 0 aliphatic carbocycles. The molecule has 2 fully saturated rings. The first-order valence-electron chi connectivity index (χ1n) is 15.0. The maximum absolute atomic E-state index is 6.18. The van der Waals surface area contributed by atoms with Gasteiger partial charge in [-0.15, -0.1) is 0 Å². The van der Waals surface area contributed by atoms with Crippen molar-refractivity contribution < 1.29 is 37.5 Å². The Morgan fingerprint density at radius 2 is 1.19 bits per heavy atom. The first-order valence-corrected chi connectivity index (χ1v) is 22.7. The highest BCUT2D eigenvalue weighted by Crippen LogP contribution is 2.44. The van der Waals surface area contributed by atoms with E-state index in [9.17, 15) is 0 Å². The van der Waals surface area contributed by atoms with Gasteiger partial charge in [0.25, 0.3) is 10.3 Å². The van der Waals surface area contributed by atoms with E-state index in [4.69, 9.17) is 67.6 Å². The second kappa shape index (κ2) is 24.8. The number of hydrogen-bond acceptors (Lipinski definition) is 12. The average Bonchev–Trinajstić information content (AvgIpc) is 3.44. The molecule has 12 nitrogen and oxygen atoms in total. The summed E-state index contributed by atoms with van der Waals surface area (Å²) in [6.07, 6.45) is 7.39. The number of nitrogens with two attached hydrogens (primary N) is 1. The normalized spacial score (nSPS) is 27.1. The van der Waals surface area contributed by atoms with Crippen LogP contribution in [-0.2, 0) is 37.5 Å². The Bertz CT molecular complexity index is 930. The fourth-order valence-corrected chi connectivity index (χ4v) is 7.39. The van der Waals surface area contributed by atoms with Crippen molar-refractivity contribution in [3.05, 3.63) is 0 Å². The molecule has 5 N–H and O–H groups in total. The van der Waals surface area contributed by atoms with E-state index in [1.165, 1.54) is 0 Å². The number of thiocarbonyl (C=S) groups is 2. The van der Waals surface area contributed by atoms with Crippen LogP contribution < -0.4 is 21.7 Å². The van der Waals surface area contributed by atoms with E-state index in [1.54, 1.807) is 14.2 Å². The second-order valence-corrected chi connectivity index (χ2v) is 19.9. The minimum atomic E-state index is -1.74. The van der Waals surface area contributed by atoms with Crippen LogP contribution in [0.15, 0.2) is 0 Å². The summed E-state index contributed by atoms with van der Waals surface area (Å²) in [4.78, 5) is 0. The SMILES string of the molecule is C.C=P(C)(C)O[C@@H]1C(OC(=S)NCCCN)[C@H]([B]P)O[C@@H]1COC.C=P(C)(C)O[C@@H]1C(OC(=S)NCCNC)[C@H]([B]P)O[C@@H]1COC. The fourth-order valence-electron chi connectivity index (χ4n) is 4.51. The first-order chi connectivity index (χ1) is 21.6. The molecule has 2 heterocycles. The standard InChI is InChI=1S/2C13H28BN2O4P2S.CH4/c1-15-6-7-16-13(23)19-11-10(20-22(3,4)5)9(8-17-2)18-12(11)14-21;1-17-8-9-10(20-22(2,3)4)11(12(14-21)18-9)19-13(23)16-7-5-6-15;/h9-12,15H,3,6-8,21H2,1-2,4-5H3,(H,16,23);9-12H,2,5-8,15,21H2,1,3-4H3,(H,16,23);1H4/t2*9-,10+,11?,12-;/m11./s1. The Balaban J connectivity index is 0.000000882. The average molecular weight is 778 g/mol. The Labute approximate surface area is 301 Å².